The summed E-state index contributed by atoms with van der Waals surface area (Å²) in [5.74, 6) is -1.39. The van der Waals surface area contributed by atoms with Crippen LogP contribution in [-0.2, 0) is 16.0 Å². The molecule has 1 amide bonds. The number of carbonyl (C=O) groups is 2. The van der Waals surface area contributed by atoms with Crippen LogP contribution in [0.5, 0.6) is 0 Å². The normalized spacial score (nSPS) is 25.7. The molecule has 0 unspecified atom stereocenters. The van der Waals surface area contributed by atoms with Crippen LogP contribution in [0.25, 0.3) is 5.65 Å². The maximum atomic E-state index is 12.3. The van der Waals surface area contributed by atoms with Gasteiger partial charge in [-0.15, -0.1) is 11.8 Å². The number of aliphatic hydroxyl groups excluding tert-OH is 1. The molecule has 4 heterocycles. The minimum absolute atomic E-state index is 0.0658. The van der Waals surface area contributed by atoms with Crippen molar-refractivity contribution in [3.8, 4) is 0 Å². The van der Waals surface area contributed by atoms with Gasteiger partial charge in [-0.2, -0.15) is 5.10 Å². The van der Waals surface area contributed by atoms with E-state index in [1.54, 1.807) is 17.6 Å². The van der Waals surface area contributed by atoms with Crippen molar-refractivity contribution in [1.29, 1.82) is 0 Å². The van der Waals surface area contributed by atoms with Gasteiger partial charge in [0.2, 0.25) is 5.91 Å². The van der Waals surface area contributed by atoms with Gasteiger partial charge >= 0.3 is 5.97 Å². The molecule has 0 spiro atoms. The molecule has 0 aliphatic carbocycles. The van der Waals surface area contributed by atoms with E-state index in [-0.39, 0.29) is 23.6 Å². The Labute approximate surface area is 159 Å². The lowest BCUT2D eigenvalue weighted by Gasteiger charge is -2.46. The van der Waals surface area contributed by atoms with Crippen LogP contribution in [0.1, 0.15) is 19.5 Å². The second kappa shape index (κ2) is 6.65. The minimum Gasteiger partial charge on any atom is -0.477 e. The predicted molar refractivity (Wildman–Crippen MR) is 98.8 cm³/mol. The van der Waals surface area contributed by atoms with E-state index >= 15 is 0 Å². The molecule has 1 saturated heterocycles. The predicted octanol–water partition coefficient (Wildman–Crippen LogP) is 1.16. The maximum Gasteiger partial charge on any atom is 0.353 e. The number of nitrogens with zero attached hydrogens (tertiary/aromatic N) is 4. The van der Waals surface area contributed by atoms with Crippen LogP contribution in [0.15, 0.2) is 35.1 Å². The first-order chi connectivity index (χ1) is 12.9. The number of imidazole rings is 1. The fraction of sp³-hybridized carbons (Fsp3) is 0.444. The Kier molecular flexibility index (Phi) is 4.43. The number of carboxylic acid groups (broad SMARTS) is 1. The highest BCUT2D eigenvalue weighted by atomic mass is 32.2. The minimum atomic E-state index is -1.10. The smallest absolute Gasteiger partial charge is 0.353 e. The topological polar surface area (TPSA) is 108 Å². The van der Waals surface area contributed by atoms with E-state index in [1.807, 2.05) is 25.3 Å². The number of hydrogen-bond acceptors (Lipinski definition) is 6. The van der Waals surface area contributed by atoms with Crippen LogP contribution in [0.3, 0.4) is 0 Å². The molecule has 0 radical (unpaired) electrons. The average Bonchev–Trinajstić information content (AvgIpc) is 3.12. The summed E-state index contributed by atoms with van der Waals surface area (Å²) in [6.45, 7) is 3.50. The Morgan fingerprint density at radius 1 is 1.44 bits per heavy atom. The van der Waals surface area contributed by atoms with E-state index in [4.69, 9.17) is 0 Å². The molecule has 142 valence electrons. The zero-order valence-corrected chi connectivity index (χ0v) is 15.8. The molecule has 0 saturated carbocycles. The van der Waals surface area contributed by atoms with Crippen LogP contribution in [0.4, 0.5) is 0 Å². The van der Waals surface area contributed by atoms with E-state index in [9.17, 15) is 19.8 Å². The first-order valence-electron chi connectivity index (χ1n) is 8.81. The molecule has 1 fully saturated rings. The molecule has 2 N–H and O–H groups in total. The standard InChI is InChI=1S/C18H20N4O4S/c1-9-14-13(10(2)23)17(24)22(14)15(18(25)26)16(9)27-7-5-11-8-21-12(20-11)4-3-6-19-21/h3-4,6,8-10,13-14,23H,5,7H2,1-2H3,(H,25,26)/t9-,10-,13-,14-/m1/s1. The molecular formula is C18H20N4O4S. The van der Waals surface area contributed by atoms with Gasteiger partial charge in [0.1, 0.15) is 5.70 Å². The van der Waals surface area contributed by atoms with Crippen molar-refractivity contribution in [2.45, 2.75) is 32.4 Å². The van der Waals surface area contributed by atoms with Gasteiger partial charge in [0.15, 0.2) is 5.65 Å². The van der Waals surface area contributed by atoms with Crippen molar-refractivity contribution in [3.63, 3.8) is 0 Å². The lowest BCUT2D eigenvalue weighted by atomic mass is 9.79. The number of aryl methyl sites for hydroxylation is 1. The summed E-state index contributed by atoms with van der Waals surface area (Å²) in [4.78, 5) is 30.6. The molecule has 0 aromatic carbocycles. The Bertz CT molecular complexity index is 921. The molecule has 2 aliphatic heterocycles. The molecule has 2 aliphatic rings. The number of hydrogen-bond donors (Lipinski definition) is 2. The summed E-state index contributed by atoms with van der Waals surface area (Å²) in [5.41, 5.74) is 1.72. The number of aromatic nitrogens is 3. The molecule has 9 heteroatoms. The molecule has 0 bridgehead atoms. The highest BCUT2D eigenvalue weighted by Crippen LogP contribution is 2.50. The number of aliphatic hydroxyl groups is 1. The van der Waals surface area contributed by atoms with Crippen molar-refractivity contribution in [2.75, 3.05) is 5.75 Å². The fourth-order valence-electron chi connectivity index (χ4n) is 3.98. The molecule has 4 rings (SSSR count). The second-order valence-electron chi connectivity index (χ2n) is 6.93. The molecule has 4 atom stereocenters. The van der Waals surface area contributed by atoms with Gasteiger partial charge in [0.05, 0.1) is 30.0 Å². The fourth-order valence-corrected chi connectivity index (χ4v) is 5.24. The van der Waals surface area contributed by atoms with Crippen molar-refractivity contribution in [3.05, 3.63) is 40.8 Å². The molecular weight excluding hydrogens is 368 g/mol. The maximum absolute atomic E-state index is 12.3. The molecule has 27 heavy (non-hydrogen) atoms. The second-order valence-corrected chi connectivity index (χ2v) is 8.07. The van der Waals surface area contributed by atoms with Crippen molar-refractivity contribution in [1.82, 2.24) is 19.5 Å². The van der Waals surface area contributed by atoms with Gasteiger partial charge in [0, 0.05) is 29.2 Å². The van der Waals surface area contributed by atoms with Gasteiger partial charge < -0.3 is 15.1 Å². The van der Waals surface area contributed by atoms with Gasteiger partial charge in [-0.3, -0.25) is 4.79 Å². The van der Waals surface area contributed by atoms with Crippen LogP contribution >= 0.6 is 11.8 Å². The van der Waals surface area contributed by atoms with Crippen LogP contribution in [-0.4, -0.2) is 59.5 Å². The summed E-state index contributed by atoms with van der Waals surface area (Å²) < 4.78 is 1.71. The number of carbonyl (C=O) groups excluding carboxylic acids is 1. The summed E-state index contributed by atoms with van der Waals surface area (Å²) in [7, 11) is 0. The van der Waals surface area contributed by atoms with E-state index in [1.165, 1.54) is 16.7 Å². The van der Waals surface area contributed by atoms with E-state index in [2.05, 4.69) is 10.1 Å². The number of rotatable bonds is 6. The zero-order chi connectivity index (χ0) is 19.3. The highest BCUT2D eigenvalue weighted by Gasteiger charge is 2.59. The van der Waals surface area contributed by atoms with E-state index in [0.717, 1.165) is 11.3 Å². The van der Waals surface area contributed by atoms with Gasteiger partial charge in [-0.1, -0.05) is 6.92 Å². The number of β-lactam (4-membered cyclic amide) rings is 1. The summed E-state index contributed by atoms with van der Waals surface area (Å²) in [5, 5.41) is 23.7. The van der Waals surface area contributed by atoms with Crippen LogP contribution in [0.2, 0.25) is 0 Å². The summed E-state index contributed by atoms with van der Waals surface area (Å²) in [6.07, 6.45) is 3.43. The number of fused-ring (bicyclic) bond motifs is 2. The third kappa shape index (κ3) is 2.81. The van der Waals surface area contributed by atoms with Crippen LogP contribution < -0.4 is 0 Å². The summed E-state index contributed by atoms with van der Waals surface area (Å²) in [6, 6.07) is 3.43. The average molecular weight is 388 g/mol. The van der Waals surface area contributed by atoms with E-state index < -0.39 is 18.0 Å². The zero-order valence-electron chi connectivity index (χ0n) is 14.9. The SMILES string of the molecule is C[C@@H](O)[C@H]1C(=O)N2C(C(=O)O)=C(SCCc3cn4ncccc4n3)[C@H](C)[C@H]12. The lowest BCUT2D eigenvalue weighted by Crippen LogP contribution is -2.63. The Morgan fingerprint density at radius 3 is 2.89 bits per heavy atom. The van der Waals surface area contributed by atoms with Crippen molar-refractivity contribution in [2.24, 2.45) is 11.8 Å². The Morgan fingerprint density at radius 2 is 2.22 bits per heavy atom. The number of amides is 1. The molecule has 2 aromatic heterocycles. The molecule has 2 aromatic rings. The summed E-state index contributed by atoms with van der Waals surface area (Å²) >= 11 is 1.45. The van der Waals surface area contributed by atoms with Gasteiger partial charge in [0.25, 0.3) is 0 Å². The first-order valence-corrected chi connectivity index (χ1v) is 9.79. The quantitative estimate of drug-likeness (QED) is 0.715. The van der Waals surface area contributed by atoms with Gasteiger partial charge in [-0.05, 0) is 19.1 Å². The lowest BCUT2D eigenvalue weighted by molar-refractivity contribution is -0.163. The third-order valence-electron chi connectivity index (χ3n) is 5.21. The van der Waals surface area contributed by atoms with Crippen LogP contribution in [0, 0.1) is 11.8 Å². The Balaban J connectivity index is 1.50. The van der Waals surface area contributed by atoms with E-state index in [0.29, 0.717) is 17.1 Å². The first kappa shape index (κ1) is 18.0. The largest absolute Gasteiger partial charge is 0.477 e. The molecule has 8 nitrogen and oxygen atoms in total. The highest BCUT2D eigenvalue weighted by molar-refractivity contribution is 8.03. The van der Waals surface area contributed by atoms with Gasteiger partial charge in [-0.25, -0.2) is 14.3 Å². The Hall–Kier alpha value is -2.39. The monoisotopic (exact) mass is 388 g/mol. The number of thioether (sulfide) groups is 1. The van der Waals surface area contributed by atoms with Crippen molar-refractivity contribution < 1.29 is 19.8 Å². The third-order valence-corrected chi connectivity index (χ3v) is 6.50. The van der Waals surface area contributed by atoms with Crippen molar-refractivity contribution >= 4 is 29.3 Å². The number of aliphatic carboxylic acids is 1. The number of carboxylic acids is 1.